The van der Waals surface area contributed by atoms with Crippen molar-refractivity contribution in [3.63, 3.8) is 0 Å². The molecule has 0 amide bonds. The highest BCUT2D eigenvalue weighted by atomic mass is 16.3. The Morgan fingerprint density at radius 2 is 1.86 bits per heavy atom. The van der Waals surface area contributed by atoms with E-state index in [-0.39, 0.29) is 11.5 Å². The summed E-state index contributed by atoms with van der Waals surface area (Å²) in [5.74, 6) is 0.719. The summed E-state index contributed by atoms with van der Waals surface area (Å²) in [6.45, 7) is 1.76. The van der Waals surface area contributed by atoms with E-state index in [0.717, 1.165) is 31.5 Å². The Labute approximate surface area is 83.4 Å². The van der Waals surface area contributed by atoms with Crippen LogP contribution in [0.2, 0.25) is 0 Å². The lowest BCUT2D eigenvalue weighted by molar-refractivity contribution is 0.414. The summed E-state index contributed by atoms with van der Waals surface area (Å²) in [5.41, 5.74) is 0.942. The summed E-state index contributed by atoms with van der Waals surface area (Å²) in [5, 5.41) is 23.1. The van der Waals surface area contributed by atoms with Gasteiger partial charge in [0.25, 0.3) is 0 Å². The highest BCUT2D eigenvalue weighted by Gasteiger charge is 2.18. The van der Waals surface area contributed by atoms with Crippen molar-refractivity contribution >= 4 is 0 Å². The fraction of sp³-hybridized carbons (Fsp3) is 0.455. The Kier molecular flexibility index (Phi) is 2.59. The minimum Gasteiger partial charge on any atom is -0.508 e. The fourth-order valence-corrected chi connectivity index (χ4v) is 1.94. The number of aromatic hydroxyl groups is 2. The third kappa shape index (κ3) is 1.82. The van der Waals surface area contributed by atoms with Gasteiger partial charge >= 0.3 is 0 Å². The molecule has 1 heterocycles. The van der Waals surface area contributed by atoms with Crippen LogP contribution in [-0.4, -0.2) is 23.3 Å². The third-order valence-corrected chi connectivity index (χ3v) is 2.73. The number of benzene rings is 1. The van der Waals surface area contributed by atoms with Crippen LogP contribution in [0.1, 0.15) is 24.3 Å². The van der Waals surface area contributed by atoms with Gasteiger partial charge in [0, 0.05) is 19.2 Å². The van der Waals surface area contributed by atoms with E-state index in [1.807, 2.05) is 0 Å². The molecule has 0 aliphatic carbocycles. The van der Waals surface area contributed by atoms with Crippen molar-refractivity contribution in [1.82, 2.24) is 5.32 Å². The summed E-state index contributed by atoms with van der Waals surface area (Å²) in [6, 6.07) is 4.84. The summed E-state index contributed by atoms with van der Waals surface area (Å²) >= 11 is 0. The zero-order valence-electron chi connectivity index (χ0n) is 7.98. The van der Waals surface area contributed by atoms with Gasteiger partial charge < -0.3 is 10.2 Å². The first-order chi connectivity index (χ1) is 6.77. The van der Waals surface area contributed by atoms with E-state index < -0.39 is 0 Å². The second kappa shape index (κ2) is 3.88. The highest BCUT2D eigenvalue weighted by Crippen LogP contribution is 2.33. The van der Waals surface area contributed by atoms with Crippen LogP contribution in [0.5, 0.6) is 11.5 Å². The average molecular weight is 192 g/mol. The largest absolute Gasteiger partial charge is 0.508 e. The Hall–Kier alpha value is -1.22. The lowest BCUT2D eigenvalue weighted by atomic mass is 9.89. The van der Waals surface area contributed by atoms with Gasteiger partial charge in [-0.05, 0) is 30.4 Å². The van der Waals surface area contributed by atoms with Gasteiger partial charge in [0.05, 0.1) is 0 Å². The molecule has 0 bridgehead atoms. The van der Waals surface area contributed by atoms with Gasteiger partial charge in [-0.3, -0.25) is 0 Å². The first-order valence-corrected chi connectivity index (χ1v) is 4.92. The molecule has 1 fully saturated rings. The van der Waals surface area contributed by atoms with Crippen molar-refractivity contribution in [2.24, 2.45) is 0 Å². The number of rotatable bonds is 1. The van der Waals surface area contributed by atoms with E-state index in [0.29, 0.717) is 5.92 Å². The second-order valence-corrected chi connectivity index (χ2v) is 3.69. The van der Waals surface area contributed by atoms with Crippen molar-refractivity contribution in [3.05, 3.63) is 23.8 Å². The number of hydrogen-bond donors (Lipinski definition) is 2. The quantitative estimate of drug-likeness (QED) is 0.709. The molecule has 1 aromatic rings. The van der Waals surface area contributed by atoms with Gasteiger partial charge in [0.15, 0.2) is 0 Å². The van der Waals surface area contributed by atoms with E-state index in [4.69, 9.17) is 5.11 Å². The number of phenols is 2. The second-order valence-electron chi connectivity index (χ2n) is 3.69. The minimum atomic E-state index is 0.117. The molecule has 1 aromatic carbocycles. The smallest absolute Gasteiger partial charge is 0.122 e. The molecular formula is C11H14NO2. The lowest BCUT2D eigenvalue weighted by Gasteiger charge is -2.22. The van der Waals surface area contributed by atoms with Crippen molar-refractivity contribution in [3.8, 4) is 11.5 Å². The summed E-state index contributed by atoms with van der Waals surface area (Å²) in [4.78, 5) is 0. The molecule has 0 spiro atoms. The van der Waals surface area contributed by atoms with Gasteiger partial charge in [-0.15, -0.1) is 0 Å². The van der Waals surface area contributed by atoms with Crippen molar-refractivity contribution < 1.29 is 10.2 Å². The van der Waals surface area contributed by atoms with E-state index in [1.54, 1.807) is 12.1 Å². The molecule has 2 rings (SSSR count). The molecule has 75 valence electrons. The summed E-state index contributed by atoms with van der Waals surface area (Å²) in [6.07, 6.45) is 2.00. The maximum atomic E-state index is 9.65. The van der Waals surface area contributed by atoms with Gasteiger partial charge in [-0.1, -0.05) is 6.07 Å². The number of nitrogens with zero attached hydrogens (tertiary/aromatic N) is 1. The summed E-state index contributed by atoms with van der Waals surface area (Å²) < 4.78 is 0. The topological polar surface area (TPSA) is 54.6 Å². The molecule has 3 heteroatoms. The highest BCUT2D eigenvalue weighted by molar-refractivity contribution is 5.41. The zero-order chi connectivity index (χ0) is 9.97. The van der Waals surface area contributed by atoms with E-state index in [1.165, 1.54) is 6.07 Å². The predicted octanol–water partition coefficient (Wildman–Crippen LogP) is 1.58. The number of phenolic OH excluding ortho intramolecular Hbond substituents is 2. The number of hydrogen-bond acceptors (Lipinski definition) is 2. The van der Waals surface area contributed by atoms with Crippen LogP contribution in [0.3, 0.4) is 0 Å². The van der Waals surface area contributed by atoms with Crippen LogP contribution in [0, 0.1) is 0 Å². The Morgan fingerprint density at radius 1 is 1.14 bits per heavy atom. The maximum Gasteiger partial charge on any atom is 0.122 e. The molecule has 0 unspecified atom stereocenters. The van der Waals surface area contributed by atoms with Crippen LogP contribution >= 0.6 is 0 Å². The molecule has 1 radical (unpaired) electrons. The van der Waals surface area contributed by atoms with Crippen molar-refractivity contribution in [1.29, 1.82) is 0 Å². The molecule has 0 aromatic heterocycles. The molecule has 3 nitrogen and oxygen atoms in total. The molecule has 14 heavy (non-hydrogen) atoms. The Morgan fingerprint density at radius 3 is 2.50 bits per heavy atom. The van der Waals surface area contributed by atoms with Gasteiger partial charge in [-0.25, -0.2) is 5.32 Å². The van der Waals surface area contributed by atoms with Crippen LogP contribution in [0.25, 0.3) is 0 Å². The third-order valence-electron chi connectivity index (χ3n) is 2.73. The molecular weight excluding hydrogens is 178 g/mol. The van der Waals surface area contributed by atoms with Gasteiger partial charge in [-0.2, -0.15) is 0 Å². The van der Waals surface area contributed by atoms with E-state index >= 15 is 0 Å². The van der Waals surface area contributed by atoms with E-state index in [9.17, 15) is 5.11 Å². The monoisotopic (exact) mass is 192 g/mol. The molecule has 0 atom stereocenters. The van der Waals surface area contributed by atoms with Crippen LogP contribution in [0.15, 0.2) is 18.2 Å². The SMILES string of the molecule is Oc1ccc(C2CC[N]CC2)c(O)c1. The Balaban J connectivity index is 2.22. The first-order valence-electron chi connectivity index (χ1n) is 4.92. The van der Waals surface area contributed by atoms with Crippen LogP contribution in [-0.2, 0) is 0 Å². The predicted molar refractivity (Wildman–Crippen MR) is 53.6 cm³/mol. The normalized spacial score (nSPS) is 18.3. The van der Waals surface area contributed by atoms with E-state index in [2.05, 4.69) is 5.32 Å². The fourth-order valence-electron chi connectivity index (χ4n) is 1.94. The molecule has 1 aliphatic heterocycles. The summed E-state index contributed by atoms with van der Waals surface area (Å²) in [7, 11) is 0. The van der Waals surface area contributed by atoms with Crippen LogP contribution < -0.4 is 5.32 Å². The standard InChI is InChI=1S/C11H14NO2/c13-9-1-2-10(11(14)7-9)8-3-5-12-6-4-8/h1-2,7-8,13-14H,3-6H2. The van der Waals surface area contributed by atoms with Crippen molar-refractivity contribution in [2.75, 3.05) is 13.1 Å². The van der Waals surface area contributed by atoms with Crippen molar-refractivity contribution in [2.45, 2.75) is 18.8 Å². The average Bonchev–Trinajstić information content (AvgIpc) is 2.19. The van der Waals surface area contributed by atoms with Gasteiger partial charge in [0.1, 0.15) is 11.5 Å². The van der Waals surface area contributed by atoms with Gasteiger partial charge in [0.2, 0.25) is 0 Å². The zero-order valence-corrected chi connectivity index (χ0v) is 7.98. The first kappa shape index (κ1) is 9.34. The number of piperidine rings is 1. The molecule has 2 N–H and O–H groups in total. The van der Waals surface area contributed by atoms with Crippen LogP contribution in [0.4, 0.5) is 0 Å². The molecule has 1 saturated heterocycles. The lowest BCUT2D eigenvalue weighted by Crippen LogP contribution is -2.20. The maximum absolute atomic E-state index is 9.65. The minimum absolute atomic E-state index is 0.117. The molecule has 1 aliphatic rings. The molecule has 0 saturated carbocycles. The Bertz CT molecular complexity index is 319.